The molecule has 6 rings (SSSR count). The van der Waals surface area contributed by atoms with Crippen LogP contribution in [-0.4, -0.2) is 29.6 Å². The molecule has 0 aromatic heterocycles. The van der Waals surface area contributed by atoms with Crippen molar-refractivity contribution in [3.63, 3.8) is 0 Å². The highest BCUT2D eigenvalue weighted by Gasteiger charge is 2.47. The summed E-state index contributed by atoms with van der Waals surface area (Å²) in [7, 11) is 1.40. The number of rotatable bonds is 8. The average molecular weight is 576 g/mol. The third kappa shape index (κ3) is 4.87. The Bertz CT molecular complexity index is 1780. The Morgan fingerprint density at radius 2 is 1.74 bits per heavy atom. The number of carbonyl (C=O) groups is 1. The lowest BCUT2D eigenvalue weighted by atomic mass is 9.78. The summed E-state index contributed by atoms with van der Waals surface area (Å²) in [5.41, 5.74) is 0.358. The molecule has 4 aromatic carbocycles. The summed E-state index contributed by atoms with van der Waals surface area (Å²) in [6.07, 6.45) is 3.01. The minimum absolute atomic E-state index is 0.0141. The molecular weight excluding hydrogens is 550 g/mol. The third-order valence-corrected chi connectivity index (χ3v) is 7.48. The van der Waals surface area contributed by atoms with Gasteiger partial charge in [-0.2, -0.15) is 5.26 Å². The molecule has 0 bridgehead atoms. The second-order valence-corrected chi connectivity index (χ2v) is 9.93. The number of hydrogen-bond acceptors (Lipinski definition) is 8. The molecule has 0 aliphatic carbocycles. The first-order valence-corrected chi connectivity index (χ1v) is 13.4. The van der Waals surface area contributed by atoms with Gasteiger partial charge in [-0.05, 0) is 53.6 Å². The van der Waals surface area contributed by atoms with Crippen molar-refractivity contribution in [2.75, 3.05) is 13.9 Å². The highest BCUT2D eigenvalue weighted by Crippen LogP contribution is 2.48. The molecule has 1 amide bonds. The van der Waals surface area contributed by atoms with Crippen LogP contribution in [-0.2, 0) is 18.6 Å². The van der Waals surface area contributed by atoms with Crippen LogP contribution in [0, 0.1) is 21.4 Å². The van der Waals surface area contributed by atoms with E-state index < -0.39 is 16.4 Å². The SMILES string of the molecule is COc1ccc(CC2(C#N)c3cc4c(cc3C=CN2C(=O)c2ccccc2)OCO4)c([N+](=O)[O-])c1OCc1ccccc1. The molecule has 2 aliphatic heterocycles. The van der Waals surface area contributed by atoms with Gasteiger partial charge in [0, 0.05) is 29.3 Å². The van der Waals surface area contributed by atoms with E-state index in [4.69, 9.17) is 18.9 Å². The number of nitriles is 1. The van der Waals surface area contributed by atoms with Crippen molar-refractivity contribution in [3.8, 4) is 29.1 Å². The normalized spacial score (nSPS) is 16.2. The predicted octanol–water partition coefficient (Wildman–Crippen LogP) is 6.00. The summed E-state index contributed by atoms with van der Waals surface area (Å²) < 4.78 is 22.6. The molecule has 2 aliphatic rings. The summed E-state index contributed by atoms with van der Waals surface area (Å²) >= 11 is 0. The van der Waals surface area contributed by atoms with Crippen LogP contribution >= 0.6 is 0 Å². The van der Waals surface area contributed by atoms with Crippen molar-refractivity contribution in [1.29, 1.82) is 5.26 Å². The zero-order valence-corrected chi connectivity index (χ0v) is 23.1. The van der Waals surface area contributed by atoms with Gasteiger partial charge in [0.15, 0.2) is 22.8 Å². The molecule has 4 aromatic rings. The van der Waals surface area contributed by atoms with Gasteiger partial charge >= 0.3 is 5.69 Å². The van der Waals surface area contributed by atoms with E-state index in [1.54, 1.807) is 54.6 Å². The van der Waals surface area contributed by atoms with E-state index in [0.29, 0.717) is 28.2 Å². The van der Waals surface area contributed by atoms with Crippen LogP contribution < -0.4 is 18.9 Å². The van der Waals surface area contributed by atoms with Crippen molar-refractivity contribution in [1.82, 2.24) is 4.90 Å². The summed E-state index contributed by atoms with van der Waals surface area (Å²) in [5, 5.41) is 23.6. The van der Waals surface area contributed by atoms with Crippen LogP contribution in [0.3, 0.4) is 0 Å². The Morgan fingerprint density at radius 1 is 1.05 bits per heavy atom. The summed E-state index contributed by atoms with van der Waals surface area (Å²) in [6, 6.07) is 26.6. The molecule has 0 fully saturated rings. The first-order valence-electron chi connectivity index (χ1n) is 13.4. The number of amides is 1. The van der Waals surface area contributed by atoms with Crippen molar-refractivity contribution in [2.24, 2.45) is 0 Å². The second-order valence-electron chi connectivity index (χ2n) is 9.93. The largest absolute Gasteiger partial charge is 0.493 e. The molecule has 0 spiro atoms. The summed E-state index contributed by atoms with van der Waals surface area (Å²) in [6.45, 7) is 0.0682. The second kappa shape index (κ2) is 11.2. The van der Waals surface area contributed by atoms with E-state index in [0.717, 1.165) is 5.56 Å². The van der Waals surface area contributed by atoms with Crippen LogP contribution in [0.25, 0.3) is 6.08 Å². The fourth-order valence-corrected chi connectivity index (χ4v) is 5.40. The van der Waals surface area contributed by atoms with E-state index in [-0.39, 0.29) is 42.6 Å². The Kier molecular flexibility index (Phi) is 7.14. The summed E-state index contributed by atoms with van der Waals surface area (Å²) in [5.74, 6) is 0.572. The van der Waals surface area contributed by atoms with Gasteiger partial charge in [0.1, 0.15) is 6.61 Å². The molecule has 0 N–H and O–H groups in total. The zero-order valence-electron chi connectivity index (χ0n) is 23.1. The lowest BCUT2D eigenvalue weighted by molar-refractivity contribution is -0.386. The quantitative estimate of drug-likeness (QED) is 0.185. The predicted molar refractivity (Wildman–Crippen MR) is 156 cm³/mol. The number of methoxy groups -OCH3 is 1. The Hall–Kier alpha value is -5.82. The van der Waals surface area contributed by atoms with Crippen molar-refractivity contribution in [2.45, 2.75) is 18.6 Å². The monoisotopic (exact) mass is 575 g/mol. The minimum Gasteiger partial charge on any atom is -0.493 e. The average Bonchev–Trinajstić information content (AvgIpc) is 3.51. The molecule has 1 atom stereocenters. The summed E-state index contributed by atoms with van der Waals surface area (Å²) in [4.78, 5) is 27.4. The number of nitrogens with zero attached hydrogens (tertiary/aromatic N) is 3. The lowest BCUT2D eigenvalue weighted by Gasteiger charge is -2.40. The smallest absolute Gasteiger partial charge is 0.318 e. The number of nitro benzene ring substituents is 1. The Labute approximate surface area is 247 Å². The van der Waals surface area contributed by atoms with Gasteiger partial charge in [-0.3, -0.25) is 19.8 Å². The van der Waals surface area contributed by atoms with Crippen molar-refractivity contribution >= 4 is 17.7 Å². The van der Waals surface area contributed by atoms with Crippen molar-refractivity contribution in [3.05, 3.63) is 129 Å². The van der Waals surface area contributed by atoms with E-state index in [1.165, 1.54) is 24.3 Å². The maximum Gasteiger partial charge on any atom is 0.318 e. The molecule has 10 nitrogen and oxygen atoms in total. The molecule has 1 unspecified atom stereocenters. The van der Waals surface area contributed by atoms with E-state index >= 15 is 0 Å². The van der Waals surface area contributed by atoms with E-state index in [2.05, 4.69) is 6.07 Å². The van der Waals surface area contributed by atoms with Gasteiger partial charge in [0.2, 0.25) is 12.5 Å². The fourth-order valence-electron chi connectivity index (χ4n) is 5.40. The van der Waals surface area contributed by atoms with Gasteiger partial charge in [-0.15, -0.1) is 0 Å². The fraction of sp³-hybridized carbons (Fsp3) is 0.152. The van der Waals surface area contributed by atoms with Crippen LogP contribution in [0.4, 0.5) is 5.69 Å². The van der Waals surface area contributed by atoms with Gasteiger partial charge in [0.05, 0.1) is 18.1 Å². The Balaban J connectivity index is 1.51. The highest BCUT2D eigenvalue weighted by molar-refractivity contribution is 5.97. The molecular formula is C33H25N3O7. The first-order chi connectivity index (χ1) is 20.9. The van der Waals surface area contributed by atoms with Crippen LogP contribution in [0.2, 0.25) is 0 Å². The van der Waals surface area contributed by atoms with Crippen molar-refractivity contribution < 1.29 is 28.7 Å². The minimum atomic E-state index is -1.70. The third-order valence-electron chi connectivity index (χ3n) is 7.48. The Morgan fingerprint density at radius 3 is 2.42 bits per heavy atom. The number of benzene rings is 4. The van der Waals surface area contributed by atoms with Crippen LogP contribution in [0.15, 0.2) is 91.1 Å². The molecule has 0 radical (unpaired) electrons. The first kappa shape index (κ1) is 27.4. The zero-order chi connectivity index (χ0) is 30.0. The van der Waals surface area contributed by atoms with Gasteiger partial charge in [0.25, 0.3) is 5.91 Å². The lowest BCUT2D eigenvalue weighted by Crippen LogP contribution is -2.49. The number of carbonyl (C=O) groups excluding carboxylic acids is 1. The highest BCUT2D eigenvalue weighted by atomic mass is 16.7. The molecule has 214 valence electrons. The van der Waals surface area contributed by atoms with E-state index in [9.17, 15) is 20.2 Å². The molecule has 2 heterocycles. The van der Waals surface area contributed by atoms with Crippen LogP contribution in [0.1, 0.15) is 32.6 Å². The maximum atomic E-state index is 13.9. The van der Waals surface area contributed by atoms with Gasteiger partial charge in [-0.1, -0.05) is 48.5 Å². The number of ether oxygens (including phenoxy) is 4. The number of fused-ring (bicyclic) bond motifs is 2. The van der Waals surface area contributed by atoms with E-state index in [1.807, 2.05) is 30.3 Å². The molecule has 43 heavy (non-hydrogen) atoms. The van der Waals surface area contributed by atoms with Gasteiger partial charge in [-0.25, -0.2) is 0 Å². The number of hydrogen-bond donors (Lipinski definition) is 0. The van der Waals surface area contributed by atoms with Gasteiger partial charge < -0.3 is 18.9 Å². The standard InChI is InChI=1S/C33H25N3O7/c1-40-27-13-12-25(30(36(38)39)31(27)41-19-22-8-4-2-5-9-22)18-33(20-34)26-17-29-28(42-21-43-29)16-24(26)14-15-35(33)32(37)23-10-6-3-7-11-23/h2-17H,18-19,21H2,1H3. The molecule has 0 saturated heterocycles. The molecule has 10 heteroatoms. The maximum absolute atomic E-state index is 13.9. The molecule has 0 saturated carbocycles. The topological polar surface area (TPSA) is 124 Å². The van der Waals surface area contributed by atoms with Crippen LogP contribution in [0.5, 0.6) is 23.0 Å². The number of nitro groups is 1.